The predicted molar refractivity (Wildman–Crippen MR) is 133 cm³/mol. The van der Waals surface area contributed by atoms with Crippen LogP contribution in [0.3, 0.4) is 0 Å². The maximum atomic E-state index is 12.9. The van der Waals surface area contributed by atoms with Gasteiger partial charge >= 0.3 is 6.18 Å². The number of imidazole rings is 1. The van der Waals surface area contributed by atoms with E-state index in [1.807, 2.05) is 60.1 Å². The first-order chi connectivity index (χ1) is 16.9. The van der Waals surface area contributed by atoms with Gasteiger partial charge in [0.05, 0.1) is 22.6 Å². The second kappa shape index (κ2) is 9.29. The quantitative estimate of drug-likeness (QED) is 0.280. The van der Waals surface area contributed by atoms with E-state index in [1.165, 1.54) is 12.1 Å². The Morgan fingerprint density at radius 3 is 1.97 bits per heavy atom. The van der Waals surface area contributed by atoms with Crippen molar-refractivity contribution in [2.24, 2.45) is 7.05 Å². The van der Waals surface area contributed by atoms with Gasteiger partial charge in [-0.25, -0.2) is 4.98 Å². The van der Waals surface area contributed by atoms with Crippen molar-refractivity contribution in [3.8, 4) is 0 Å². The Kier molecular flexibility index (Phi) is 6.03. The third-order valence-corrected chi connectivity index (χ3v) is 6.19. The average Bonchev–Trinajstić information content (AvgIpc) is 3.18. The van der Waals surface area contributed by atoms with E-state index in [9.17, 15) is 13.2 Å². The van der Waals surface area contributed by atoms with Crippen molar-refractivity contribution >= 4 is 16.7 Å². The molecule has 0 fully saturated rings. The van der Waals surface area contributed by atoms with Gasteiger partial charge < -0.3 is 9.88 Å². The van der Waals surface area contributed by atoms with E-state index in [1.54, 1.807) is 0 Å². The third-order valence-electron chi connectivity index (χ3n) is 6.19. The van der Waals surface area contributed by atoms with E-state index in [0.717, 1.165) is 51.4 Å². The molecule has 176 valence electrons. The SMILES string of the molecule is Cn1c(Cc2ccc(C(F)(F)F)cc2)nc2ccc(NC(c3ccccc3)c3ccccc3)cc21. The molecule has 3 nitrogen and oxygen atoms in total. The summed E-state index contributed by atoms with van der Waals surface area (Å²) < 4.78 is 40.6. The Morgan fingerprint density at radius 1 is 0.800 bits per heavy atom. The van der Waals surface area contributed by atoms with Gasteiger partial charge in [-0.15, -0.1) is 0 Å². The lowest BCUT2D eigenvalue weighted by Crippen LogP contribution is -2.12. The van der Waals surface area contributed by atoms with Crippen LogP contribution in [0.2, 0.25) is 0 Å². The molecule has 35 heavy (non-hydrogen) atoms. The highest BCUT2D eigenvalue weighted by atomic mass is 19.4. The molecule has 0 aliphatic rings. The van der Waals surface area contributed by atoms with Crippen molar-refractivity contribution in [1.82, 2.24) is 9.55 Å². The number of fused-ring (bicyclic) bond motifs is 1. The first-order valence-corrected chi connectivity index (χ1v) is 11.4. The number of benzene rings is 4. The molecule has 0 aliphatic heterocycles. The number of anilines is 1. The molecule has 0 saturated heterocycles. The zero-order valence-electron chi connectivity index (χ0n) is 19.1. The summed E-state index contributed by atoms with van der Waals surface area (Å²) in [7, 11) is 1.93. The molecule has 1 heterocycles. The number of aryl methyl sites for hydroxylation is 1. The molecule has 1 N–H and O–H groups in total. The van der Waals surface area contributed by atoms with Gasteiger partial charge in [-0.05, 0) is 47.0 Å². The molecule has 5 rings (SSSR count). The molecule has 5 aromatic rings. The molecular formula is C29H24F3N3. The highest BCUT2D eigenvalue weighted by molar-refractivity contribution is 5.80. The first-order valence-electron chi connectivity index (χ1n) is 11.4. The molecule has 0 atom stereocenters. The van der Waals surface area contributed by atoms with E-state index in [4.69, 9.17) is 4.98 Å². The summed E-state index contributed by atoms with van der Waals surface area (Å²) in [5, 5.41) is 3.66. The highest BCUT2D eigenvalue weighted by Gasteiger charge is 2.30. The normalized spacial score (nSPS) is 11.8. The number of alkyl halides is 3. The second-order valence-electron chi connectivity index (χ2n) is 8.56. The minimum absolute atomic E-state index is 0.0188. The molecule has 1 aromatic heterocycles. The van der Waals surface area contributed by atoms with Crippen molar-refractivity contribution in [3.63, 3.8) is 0 Å². The van der Waals surface area contributed by atoms with Gasteiger partial charge in [-0.2, -0.15) is 13.2 Å². The average molecular weight is 472 g/mol. The fourth-order valence-corrected chi connectivity index (χ4v) is 4.30. The summed E-state index contributed by atoms with van der Waals surface area (Å²) in [6.45, 7) is 0. The van der Waals surface area contributed by atoms with Crippen LogP contribution in [-0.2, 0) is 19.6 Å². The third kappa shape index (κ3) is 4.92. The van der Waals surface area contributed by atoms with Crippen LogP contribution < -0.4 is 5.32 Å². The van der Waals surface area contributed by atoms with E-state index in [2.05, 4.69) is 35.6 Å². The van der Waals surface area contributed by atoms with Gasteiger partial charge in [0.1, 0.15) is 5.82 Å². The summed E-state index contributed by atoms with van der Waals surface area (Å²) >= 11 is 0. The summed E-state index contributed by atoms with van der Waals surface area (Å²) in [5.41, 5.74) is 5.21. The smallest absolute Gasteiger partial charge is 0.374 e. The van der Waals surface area contributed by atoms with Gasteiger partial charge in [0.25, 0.3) is 0 Å². The summed E-state index contributed by atoms with van der Waals surface area (Å²) in [6, 6.07) is 31.9. The number of hydrogen-bond acceptors (Lipinski definition) is 2. The number of nitrogens with one attached hydrogen (secondary N) is 1. The molecule has 0 amide bonds. The van der Waals surface area contributed by atoms with E-state index >= 15 is 0 Å². The lowest BCUT2D eigenvalue weighted by atomic mass is 9.98. The van der Waals surface area contributed by atoms with Crippen LogP contribution in [0, 0.1) is 0 Å². The zero-order chi connectivity index (χ0) is 24.4. The summed E-state index contributed by atoms with van der Waals surface area (Å²) in [4.78, 5) is 4.73. The van der Waals surface area contributed by atoms with Crippen molar-refractivity contribution < 1.29 is 13.2 Å². The van der Waals surface area contributed by atoms with Gasteiger partial charge in [-0.1, -0.05) is 72.8 Å². The summed E-state index contributed by atoms with van der Waals surface area (Å²) in [6.07, 6.45) is -3.89. The van der Waals surface area contributed by atoms with Crippen LogP contribution in [0.15, 0.2) is 103 Å². The molecule has 0 saturated carbocycles. The predicted octanol–water partition coefficient (Wildman–Crippen LogP) is 7.38. The molecule has 0 bridgehead atoms. The number of rotatable bonds is 6. The van der Waals surface area contributed by atoms with Crippen molar-refractivity contribution in [1.29, 1.82) is 0 Å². The van der Waals surface area contributed by atoms with Crippen LogP contribution in [-0.4, -0.2) is 9.55 Å². The van der Waals surface area contributed by atoms with Gasteiger partial charge in [-0.3, -0.25) is 0 Å². The molecule has 0 spiro atoms. The molecule has 0 unspecified atom stereocenters. The minimum atomic E-state index is -4.34. The standard InChI is InChI=1S/C29H24F3N3/c1-35-26-19-24(33-28(21-8-4-2-5-9-21)22-10-6-3-7-11-22)16-17-25(26)34-27(35)18-20-12-14-23(15-13-20)29(30,31)32/h2-17,19,28,33H,18H2,1H3. The van der Waals surface area contributed by atoms with Crippen molar-refractivity contribution in [3.05, 3.63) is 131 Å². The van der Waals surface area contributed by atoms with Crippen LogP contribution >= 0.6 is 0 Å². The Labute approximate surface area is 201 Å². The number of aromatic nitrogens is 2. The van der Waals surface area contributed by atoms with Gasteiger partial charge in [0.2, 0.25) is 0 Å². The van der Waals surface area contributed by atoms with Crippen LogP contribution in [0.4, 0.5) is 18.9 Å². The fourth-order valence-electron chi connectivity index (χ4n) is 4.30. The Bertz CT molecular complexity index is 1380. The first kappa shape index (κ1) is 22.7. The van der Waals surface area contributed by atoms with Crippen LogP contribution in [0.1, 0.15) is 34.1 Å². The summed E-state index contributed by atoms with van der Waals surface area (Å²) in [5.74, 6) is 0.791. The number of halogens is 3. The largest absolute Gasteiger partial charge is 0.416 e. The monoisotopic (exact) mass is 471 g/mol. The lowest BCUT2D eigenvalue weighted by Gasteiger charge is -2.21. The molecule has 0 aliphatic carbocycles. The Hall–Kier alpha value is -4.06. The van der Waals surface area contributed by atoms with Gasteiger partial charge in [0.15, 0.2) is 0 Å². The molecule has 0 radical (unpaired) electrons. The van der Waals surface area contributed by atoms with E-state index in [-0.39, 0.29) is 6.04 Å². The maximum Gasteiger partial charge on any atom is 0.416 e. The van der Waals surface area contributed by atoms with Crippen LogP contribution in [0.5, 0.6) is 0 Å². The van der Waals surface area contributed by atoms with E-state index < -0.39 is 11.7 Å². The number of hydrogen-bond donors (Lipinski definition) is 1. The topological polar surface area (TPSA) is 29.9 Å². The van der Waals surface area contributed by atoms with Crippen molar-refractivity contribution in [2.75, 3.05) is 5.32 Å². The highest BCUT2D eigenvalue weighted by Crippen LogP contribution is 2.31. The fraction of sp³-hybridized carbons (Fsp3) is 0.138. The zero-order valence-corrected chi connectivity index (χ0v) is 19.1. The molecular weight excluding hydrogens is 447 g/mol. The van der Waals surface area contributed by atoms with E-state index in [0.29, 0.717) is 6.42 Å². The molecule has 4 aromatic carbocycles. The minimum Gasteiger partial charge on any atom is -0.374 e. The Balaban J connectivity index is 1.43. The maximum absolute atomic E-state index is 12.9. The van der Waals surface area contributed by atoms with Crippen molar-refractivity contribution in [2.45, 2.75) is 18.6 Å². The van der Waals surface area contributed by atoms with Gasteiger partial charge in [0, 0.05) is 19.2 Å². The van der Waals surface area contributed by atoms with Crippen LogP contribution in [0.25, 0.3) is 11.0 Å². The lowest BCUT2D eigenvalue weighted by molar-refractivity contribution is -0.137. The molecule has 6 heteroatoms. The second-order valence-corrected chi connectivity index (χ2v) is 8.56. The number of nitrogens with zero attached hydrogens (tertiary/aromatic N) is 2. The Morgan fingerprint density at radius 2 is 1.40 bits per heavy atom.